The largest absolute Gasteiger partial charge is 0.418 e. The molecule has 0 saturated heterocycles. The van der Waals surface area contributed by atoms with Crippen molar-refractivity contribution < 1.29 is 18.0 Å². The number of halogens is 3. The summed E-state index contributed by atoms with van der Waals surface area (Å²) in [6.07, 6.45) is -1.75. The van der Waals surface area contributed by atoms with E-state index in [1.807, 2.05) is 13.8 Å². The number of hydrogen-bond acceptors (Lipinski definition) is 2. The van der Waals surface area contributed by atoms with E-state index in [1.165, 1.54) is 12.1 Å². The molecular formula is C15H19F3N2O. The van der Waals surface area contributed by atoms with E-state index in [-0.39, 0.29) is 17.0 Å². The molecule has 0 bridgehead atoms. The maximum Gasteiger partial charge on any atom is 0.418 e. The van der Waals surface area contributed by atoms with Gasteiger partial charge >= 0.3 is 6.18 Å². The van der Waals surface area contributed by atoms with Crippen LogP contribution in [0.1, 0.15) is 49.0 Å². The van der Waals surface area contributed by atoms with Crippen LogP contribution >= 0.6 is 0 Å². The first-order chi connectivity index (χ1) is 9.63. The van der Waals surface area contributed by atoms with Crippen LogP contribution in [0.25, 0.3) is 0 Å². The van der Waals surface area contributed by atoms with Gasteiger partial charge in [0.1, 0.15) is 0 Å². The van der Waals surface area contributed by atoms with Crippen molar-refractivity contribution in [2.45, 2.75) is 45.3 Å². The first kappa shape index (κ1) is 15.7. The van der Waals surface area contributed by atoms with Gasteiger partial charge in [-0.3, -0.25) is 4.79 Å². The Labute approximate surface area is 121 Å². The van der Waals surface area contributed by atoms with Gasteiger partial charge in [0.05, 0.1) is 16.8 Å². The second-order valence-electron chi connectivity index (χ2n) is 6.17. The minimum Gasteiger partial charge on any atom is -0.398 e. The van der Waals surface area contributed by atoms with E-state index < -0.39 is 23.3 Å². The van der Waals surface area contributed by atoms with Crippen molar-refractivity contribution in [1.82, 2.24) is 5.32 Å². The second kappa shape index (κ2) is 5.24. The van der Waals surface area contributed by atoms with Crippen LogP contribution in [-0.4, -0.2) is 11.9 Å². The molecule has 0 spiro atoms. The van der Waals surface area contributed by atoms with Crippen molar-refractivity contribution in [3.8, 4) is 0 Å². The van der Waals surface area contributed by atoms with Crippen LogP contribution in [0, 0.1) is 5.41 Å². The minimum atomic E-state index is -4.56. The Morgan fingerprint density at radius 2 is 2.05 bits per heavy atom. The quantitative estimate of drug-likeness (QED) is 0.820. The van der Waals surface area contributed by atoms with Crippen LogP contribution in [0.15, 0.2) is 18.2 Å². The highest BCUT2D eigenvalue weighted by Gasteiger charge is 2.37. The highest BCUT2D eigenvalue weighted by atomic mass is 19.4. The van der Waals surface area contributed by atoms with Gasteiger partial charge in [0, 0.05) is 6.04 Å². The molecule has 1 saturated carbocycles. The number of nitrogens with two attached hydrogens (primary N) is 1. The first-order valence-corrected chi connectivity index (χ1v) is 6.89. The molecule has 1 unspecified atom stereocenters. The fourth-order valence-electron chi connectivity index (χ4n) is 2.84. The van der Waals surface area contributed by atoms with E-state index in [0.717, 1.165) is 25.3 Å². The van der Waals surface area contributed by atoms with Crippen molar-refractivity contribution >= 4 is 11.6 Å². The smallest absolute Gasteiger partial charge is 0.398 e. The van der Waals surface area contributed by atoms with Gasteiger partial charge in [-0.2, -0.15) is 13.2 Å². The number of nitrogens with one attached hydrogen (secondary N) is 1. The summed E-state index contributed by atoms with van der Waals surface area (Å²) < 4.78 is 38.4. The fraction of sp³-hybridized carbons (Fsp3) is 0.533. The number of nitrogen functional groups attached to an aromatic ring is 1. The van der Waals surface area contributed by atoms with Crippen LogP contribution in [0.2, 0.25) is 0 Å². The SMILES string of the molecule is CC1(C)CCCC1NC(=O)c1cccc(C(F)(F)F)c1N. The summed E-state index contributed by atoms with van der Waals surface area (Å²) in [5, 5.41) is 2.82. The lowest BCUT2D eigenvalue weighted by molar-refractivity contribution is -0.136. The molecule has 1 amide bonds. The summed E-state index contributed by atoms with van der Waals surface area (Å²) in [4.78, 5) is 12.2. The summed E-state index contributed by atoms with van der Waals surface area (Å²) in [5.41, 5.74) is 3.88. The molecule has 3 nitrogen and oxygen atoms in total. The van der Waals surface area contributed by atoms with Crippen LogP contribution in [0.5, 0.6) is 0 Å². The van der Waals surface area contributed by atoms with Gasteiger partial charge in [-0.05, 0) is 30.4 Å². The summed E-state index contributed by atoms with van der Waals surface area (Å²) >= 11 is 0. The van der Waals surface area contributed by atoms with Crippen molar-refractivity contribution in [2.24, 2.45) is 5.41 Å². The third-order valence-corrected chi connectivity index (χ3v) is 4.22. The average molecular weight is 300 g/mol. The third-order valence-electron chi connectivity index (χ3n) is 4.22. The molecule has 1 aliphatic carbocycles. The zero-order chi connectivity index (χ0) is 15.8. The van der Waals surface area contributed by atoms with Gasteiger partial charge in [0.15, 0.2) is 0 Å². The molecule has 0 heterocycles. The molecule has 1 atom stereocenters. The van der Waals surface area contributed by atoms with E-state index in [4.69, 9.17) is 5.73 Å². The predicted octanol–water partition coefficient (Wildman–Crippen LogP) is 3.60. The molecule has 116 valence electrons. The lowest BCUT2D eigenvalue weighted by Gasteiger charge is -2.28. The number of carbonyl (C=O) groups excluding carboxylic acids is 1. The standard InChI is InChI=1S/C15H19F3N2O/c1-14(2)8-4-7-11(14)20-13(21)9-5-3-6-10(12(9)19)15(16,17)18/h3,5-6,11H,4,7-8,19H2,1-2H3,(H,20,21). The maximum absolute atomic E-state index is 12.8. The van der Waals surface area contributed by atoms with Gasteiger partial charge in [-0.15, -0.1) is 0 Å². The summed E-state index contributed by atoms with van der Waals surface area (Å²) in [6, 6.07) is 3.36. The molecule has 1 fully saturated rings. The molecule has 1 aromatic carbocycles. The zero-order valence-electron chi connectivity index (χ0n) is 12.1. The number of alkyl halides is 3. The van der Waals surface area contributed by atoms with Crippen molar-refractivity contribution in [3.05, 3.63) is 29.3 Å². The molecule has 1 aliphatic rings. The topological polar surface area (TPSA) is 55.1 Å². The fourth-order valence-corrected chi connectivity index (χ4v) is 2.84. The first-order valence-electron chi connectivity index (χ1n) is 6.89. The van der Waals surface area contributed by atoms with Crippen LogP contribution in [0.3, 0.4) is 0 Å². The number of hydrogen-bond donors (Lipinski definition) is 2. The Kier molecular flexibility index (Phi) is 3.91. The van der Waals surface area contributed by atoms with Gasteiger partial charge in [-0.25, -0.2) is 0 Å². The number of amides is 1. The molecular weight excluding hydrogens is 281 g/mol. The summed E-state index contributed by atoms with van der Waals surface area (Å²) in [5.74, 6) is -0.543. The van der Waals surface area contributed by atoms with Crippen LogP contribution in [-0.2, 0) is 6.18 Å². The summed E-state index contributed by atoms with van der Waals surface area (Å²) in [7, 11) is 0. The van der Waals surface area contributed by atoms with E-state index in [0.29, 0.717) is 0 Å². The van der Waals surface area contributed by atoms with E-state index in [9.17, 15) is 18.0 Å². The Hall–Kier alpha value is -1.72. The molecule has 0 radical (unpaired) electrons. The zero-order valence-corrected chi connectivity index (χ0v) is 12.1. The molecule has 1 aromatic rings. The monoisotopic (exact) mass is 300 g/mol. The number of benzene rings is 1. The second-order valence-corrected chi connectivity index (χ2v) is 6.17. The molecule has 21 heavy (non-hydrogen) atoms. The van der Waals surface area contributed by atoms with Crippen LogP contribution in [0.4, 0.5) is 18.9 Å². The normalized spacial score (nSPS) is 21.3. The predicted molar refractivity (Wildman–Crippen MR) is 74.7 cm³/mol. The third kappa shape index (κ3) is 3.14. The highest BCUT2D eigenvalue weighted by Crippen LogP contribution is 2.38. The maximum atomic E-state index is 12.8. The Morgan fingerprint density at radius 1 is 1.38 bits per heavy atom. The Balaban J connectivity index is 2.24. The molecule has 3 N–H and O–H groups in total. The van der Waals surface area contributed by atoms with Gasteiger partial charge in [0.2, 0.25) is 0 Å². The lowest BCUT2D eigenvalue weighted by Crippen LogP contribution is -2.41. The molecule has 0 aromatic heterocycles. The van der Waals surface area contributed by atoms with Crippen molar-refractivity contribution in [2.75, 3.05) is 5.73 Å². The number of rotatable bonds is 2. The molecule has 0 aliphatic heterocycles. The van der Waals surface area contributed by atoms with Gasteiger partial charge in [-0.1, -0.05) is 26.3 Å². The number of carbonyl (C=O) groups is 1. The molecule has 6 heteroatoms. The minimum absolute atomic E-state index is 0.0426. The van der Waals surface area contributed by atoms with Gasteiger partial charge < -0.3 is 11.1 Å². The van der Waals surface area contributed by atoms with Crippen molar-refractivity contribution in [3.63, 3.8) is 0 Å². The highest BCUT2D eigenvalue weighted by molar-refractivity contribution is 6.00. The number of para-hydroxylation sites is 1. The number of anilines is 1. The van der Waals surface area contributed by atoms with E-state index >= 15 is 0 Å². The summed E-state index contributed by atoms with van der Waals surface area (Å²) in [6.45, 7) is 4.08. The van der Waals surface area contributed by atoms with E-state index in [1.54, 1.807) is 0 Å². The van der Waals surface area contributed by atoms with Crippen LogP contribution < -0.4 is 11.1 Å². The van der Waals surface area contributed by atoms with Crippen molar-refractivity contribution in [1.29, 1.82) is 0 Å². The lowest BCUT2D eigenvalue weighted by atomic mass is 9.87. The molecule has 2 rings (SSSR count). The van der Waals surface area contributed by atoms with Gasteiger partial charge in [0.25, 0.3) is 5.91 Å². The Bertz CT molecular complexity index is 552. The average Bonchev–Trinajstić information content (AvgIpc) is 2.67. The Morgan fingerprint density at radius 3 is 2.57 bits per heavy atom. The van der Waals surface area contributed by atoms with E-state index in [2.05, 4.69) is 5.32 Å².